The van der Waals surface area contributed by atoms with E-state index in [2.05, 4.69) is 4.83 Å². The van der Waals surface area contributed by atoms with Crippen molar-refractivity contribution < 1.29 is 8.42 Å². The van der Waals surface area contributed by atoms with Crippen molar-refractivity contribution >= 4 is 10.0 Å². The van der Waals surface area contributed by atoms with E-state index in [0.717, 1.165) is 41.5 Å². The molecule has 3 rings (SSSR count). The molecule has 25 heavy (non-hydrogen) atoms. The van der Waals surface area contributed by atoms with Crippen molar-refractivity contribution in [3.8, 4) is 6.07 Å². The second kappa shape index (κ2) is 6.73. The molecule has 0 saturated heterocycles. The zero-order valence-electron chi connectivity index (χ0n) is 13.9. The fraction of sp³-hybridized carbons (Fsp3) is 0.333. The Morgan fingerprint density at radius 2 is 1.80 bits per heavy atom. The van der Waals surface area contributed by atoms with Gasteiger partial charge in [-0.1, -0.05) is 24.1 Å². The summed E-state index contributed by atoms with van der Waals surface area (Å²) in [5.74, 6) is 0. The summed E-state index contributed by atoms with van der Waals surface area (Å²) < 4.78 is 26.4. The van der Waals surface area contributed by atoms with Gasteiger partial charge in [0, 0.05) is 5.69 Å². The van der Waals surface area contributed by atoms with Crippen molar-refractivity contribution in [2.45, 2.75) is 43.9 Å². The van der Waals surface area contributed by atoms with Gasteiger partial charge in [0.25, 0.3) is 15.6 Å². The van der Waals surface area contributed by atoms with Gasteiger partial charge in [-0.05, 0) is 56.4 Å². The molecule has 7 heteroatoms. The van der Waals surface area contributed by atoms with E-state index in [9.17, 15) is 18.5 Å². The smallest absolute Gasteiger partial charge is 0.266 e. The maximum Gasteiger partial charge on any atom is 0.287 e. The fourth-order valence-electron chi connectivity index (χ4n) is 3.05. The van der Waals surface area contributed by atoms with Crippen LogP contribution in [0.15, 0.2) is 40.0 Å². The molecule has 1 aromatic carbocycles. The Morgan fingerprint density at radius 3 is 2.48 bits per heavy atom. The number of nitrogens with one attached hydrogen (secondary N) is 1. The molecule has 6 nitrogen and oxygen atoms in total. The van der Waals surface area contributed by atoms with E-state index in [1.165, 1.54) is 12.1 Å². The zero-order valence-corrected chi connectivity index (χ0v) is 14.8. The monoisotopic (exact) mass is 357 g/mol. The summed E-state index contributed by atoms with van der Waals surface area (Å²) in [4.78, 5) is 15.0. The lowest BCUT2D eigenvalue weighted by Crippen LogP contribution is -2.37. The third-order valence-corrected chi connectivity index (χ3v) is 5.73. The summed E-state index contributed by atoms with van der Waals surface area (Å²) in [6.07, 6.45) is 4.18. The third-order valence-electron chi connectivity index (χ3n) is 4.42. The Labute approximate surface area is 146 Å². The van der Waals surface area contributed by atoms with Crippen LogP contribution in [0.1, 0.15) is 41.6 Å². The van der Waals surface area contributed by atoms with Crippen LogP contribution in [0, 0.1) is 18.3 Å². The summed E-state index contributed by atoms with van der Waals surface area (Å²) in [7, 11) is -3.92. The highest BCUT2D eigenvalue weighted by Crippen LogP contribution is 2.20. The van der Waals surface area contributed by atoms with Gasteiger partial charge in [0.1, 0.15) is 11.6 Å². The summed E-state index contributed by atoms with van der Waals surface area (Å²) in [6, 6.07) is 9.85. The zero-order chi connectivity index (χ0) is 18.0. The van der Waals surface area contributed by atoms with E-state index in [1.54, 1.807) is 18.2 Å². The van der Waals surface area contributed by atoms with Gasteiger partial charge >= 0.3 is 0 Å². The van der Waals surface area contributed by atoms with E-state index < -0.39 is 15.6 Å². The summed E-state index contributed by atoms with van der Waals surface area (Å²) in [5.41, 5.74) is 1.78. The number of benzene rings is 1. The van der Waals surface area contributed by atoms with E-state index in [0.29, 0.717) is 12.1 Å². The molecule has 0 saturated carbocycles. The minimum atomic E-state index is -3.92. The van der Waals surface area contributed by atoms with E-state index in [-0.39, 0.29) is 10.5 Å². The number of nitrogens with zero attached hydrogens (tertiary/aromatic N) is 2. The number of hydrogen-bond acceptors (Lipinski definition) is 4. The maximum absolute atomic E-state index is 12.7. The van der Waals surface area contributed by atoms with Crippen molar-refractivity contribution in [1.29, 1.82) is 5.26 Å². The molecule has 1 heterocycles. The molecule has 0 amide bonds. The lowest BCUT2D eigenvalue weighted by molar-refractivity contribution is 0.592. The number of fused-ring (bicyclic) bond motifs is 1. The standard InChI is InChI=1S/C18H19N3O3S/c1-13-7-9-16(10-8-13)25(23,24)20-21-17-6-4-2-3-5-14(17)11-15(12-19)18(21)22/h7-11,20H,2-6H2,1H3. The quantitative estimate of drug-likeness (QED) is 0.853. The number of sulfonamides is 1. The predicted octanol–water partition coefficient (Wildman–Crippen LogP) is 2.23. The normalized spacial score (nSPS) is 14.2. The molecular formula is C18H19N3O3S. The molecule has 1 N–H and O–H groups in total. The largest absolute Gasteiger partial charge is 0.287 e. The highest BCUT2D eigenvalue weighted by Gasteiger charge is 2.21. The van der Waals surface area contributed by atoms with Gasteiger partial charge in [-0.3, -0.25) is 4.79 Å². The van der Waals surface area contributed by atoms with E-state index in [1.807, 2.05) is 13.0 Å². The van der Waals surface area contributed by atoms with Gasteiger partial charge in [0.05, 0.1) is 4.90 Å². The molecular weight excluding hydrogens is 338 g/mol. The van der Waals surface area contributed by atoms with Crippen LogP contribution in [0.5, 0.6) is 0 Å². The summed E-state index contributed by atoms with van der Waals surface area (Å²) in [6.45, 7) is 1.87. The molecule has 1 aliphatic rings. The van der Waals surface area contributed by atoms with Crippen LogP contribution in [0.3, 0.4) is 0 Å². The summed E-state index contributed by atoms with van der Waals surface area (Å²) >= 11 is 0. The van der Waals surface area contributed by atoms with E-state index in [4.69, 9.17) is 0 Å². The first-order valence-corrected chi connectivity index (χ1v) is 9.68. The fourth-order valence-corrected chi connectivity index (χ4v) is 4.08. The van der Waals surface area contributed by atoms with Crippen LogP contribution in [0.2, 0.25) is 0 Å². The number of aromatic nitrogens is 1. The van der Waals surface area contributed by atoms with Crippen molar-refractivity contribution in [2.75, 3.05) is 4.83 Å². The average molecular weight is 357 g/mol. The van der Waals surface area contributed by atoms with Crippen molar-refractivity contribution in [2.24, 2.45) is 0 Å². The molecule has 0 bridgehead atoms. The topological polar surface area (TPSA) is 92.0 Å². The van der Waals surface area contributed by atoms with Gasteiger partial charge in [-0.25, -0.2) is 9.51 Å². The first kappa shape index (κ1) is 17.2. The Kier molecular flexibility index (Phi) is 4.64. The number of hydrogen-bond donors (Lipinski definition) is 1. The number of pyridine rings is 1. The first-order chi connectivity index (χ1) is 11.9. The van der Waals surface area contributed by atoms with Gasteiger partial charge in [-0.15, -0.1) is 0 Å². The average Bonchev–Trinajstić information content (AvgIpc) is 2.83. The molecule has 2 aromatic rings. The lowest BCUT2D eigenvalue weighted by atomic mass is 10.1. The highest BCUT2D eigenvalue weighted by atomic mass is 32.2. The minimum Gasteiger partial charge on any atom is -0.266 e. The number of nitriles is 1. The Bertz CT molecular complexity index is 1000. The van der Waals surface area contributed by atoms with Gasteiger partial charge in [0.15, 0.2) is 0 Å². The molecule has 0 radical (unpaired) electrons. The number of aryl methyl sites for hydroxylation is 2. The molecule has 0 unspecified atom stereocenters. The van der Waals surface area contributed by atoms with Gasteiger partial charge in [-0.2, -0.15) is 13.7 Å². The van der Waals surface area contributed by atoms with Crippen LogP contribution < -0.4 is 10.4 Å². The molecule has 0 spiro atoms. The van der Waals surface area contributed by atoms with Crippen molar-refractivity contribution in [3.05, 3.63) is 63.1 Å². The Balaban J connectivity index is 2.12. The lowest BCUT2D eigenvalue weighted by Gasteiger charge is -2.17. The number of rotatable bonds is 3. The van der Waals surface area contributed by atoms with E-state index >= 15 is 0 Å². The first-order valence-electron chi connectivity index (χ1n) is 8.20. The second-order valence-corrected chi connectivity index (χ2v) is 7.91. The van der Waals surface area contributed by atoms with Gasteiger partial charge < -0.3 is 0 Å². The minimum absolute atomic E-state index is 0.0488. The van der Waals surface area contributed by atoms with Crippen LogP contribution >= 0.6 is 0 Å². The SMILES string of the molecule is Cc1ccc(S(=O)(=O)Nn2c3c(cc(C#N)c2=O)CCCCC3)cc1. The third kappa shape index (κ3) is 3.44. The Hall–Kier alpha value is -2.59. The van der Waals surface area contributed by atoms with Crippen molar-refractivity contribution in [1.82, 2.24) is 4.68 Å². The molecule has 0 atom stereocenters. The second-order valence-electron chi connectivity index (χ2n) is 6.25. The predicted molar refractivity (Wildman–Crippen MR) is 94.4 cm³/mol. The summed E-state index contributed by atoms with van der Waals surface area (Å²) in [5, 5.41) is 9.22. The molecule has 0 fully saturated rings. The highest BCUT2D eigenvalue weighted by molar-refractivity contribution is 7.92. The maximum atomic E-state index is 12.7. The molecule has 130 valence electrons. The van der Waals surface area contributed by atoms with Crippen LogP contribution in [0.25, 0.3) is 0 Å². The van der Waals surface area contributed by atoms with Crippen LogP contribution in [0.4, 0.5) is 0 Å². The molecule has 1 aromatic heterocycles. The molecule has 1 aliphatic carbocycles. The molecule has 0 aliphatic heterocycles. The Morgan fingerprint density at radius 1 is 1.12 bits per heavy atom. The van der Waals surface area contributed by atoms with Crippen molar-refractivity contribution in [3.63, 3.8) is 0 Å². The van der Waals surface area contributed by atoms with Crippen LogP contribution in [-0.2, 0) is 22.9 Å². The van der Waals surface area contributed by atoms with Crippen LogP contribution in [-0.4, -0.2) is 13.1 Å². The van der Waals surface area contributed by atoms with Gasteiger partial charge in [0.2, 0.25) is 0 Å².